The highest BCUT2D eigenvalue weighted by Crippen LogP contribution is 2.51. The summed E-state index contributed by atoms with van der Waals surface area (Å²) in [7, 11) is -5.08. The quantitative estimate of drug-likeness (QED) is 0.311. The number of aliphatic hydroxyl groups excluding tert-OH is 3. The van der Waals surface area contributed by atoms with Gasteiger partial charge in [-0.2, -0.15) is 4.98 Å². The van der Waals surface area contributed by atoms with E-state index in [9.17, 15) is 34.5 Å². The van der Waals surface area contributed by atoms with Crippen LogP contribution in [-0.4, -0.2) is 65.0 Å². The van der Waals surface area contributed by atoms with Gasteiger partial charge < -0.3 is 39.7 Å². The number of ether oxygens (including phenoxy) is 1. The second-order valence-corrected chi connectivity index (χ2v) is 9.53. The van der Waals surface area contributed by atoms with E-state index in [0.29, 0.717) is 12.8 Å². The van der Waals surface area contributed by atoms with Crippen LogP contribution < -0.4 is 20.7 Å². The molecule has 0 aromatic carbocycles. The minimum absolute atomic E-state index is 0.0475. The summed E-state index contributed by atoms with van der Waals surface area (Å²) in [6, 6.07) is 0. The van der Waals surface area contributed by atoms with Crippen LogP contribution >= 0.6 is 7.60 Å². The molecular formula is C16H22N5O8P-2. The van der Waals surface area contributed by atoms with Crippen molar-refractivity contribution in [1.29, 1.82) is 0 Å². The first-order valence-corrected chi connectivity index (χ1v) is 11.1. The van der Waals surface area contributed by atoms with Gasteiger partial charge in [0.15, 0.2) is 17.4 Å². The SMILES string of the molecule is O=c1[nH]c(NC2(P(=O)([O-])[O-])CCCCC2)nc2c1ncn2[C@@H]1O[C@H](CO)[C@@H](O)[C@H]1O. The van der Waals surface area contributed by atoms with Crippen LogP contribution in [0, 0.1) is 0 Å². The molecule has 4 atom stereocenters. The molecule has 4 rings (SSSR count). The third-order valence-corrected chi connectivity index (χ3v) is 7.39. The van der Waals surface area contributed by atoms with Gasteiger partial charge in [-0.25, -0.2) is 4.98 Å². The monoisotopic (exact) mass is 443 g/mol. The maximum Gasteiger partial charge on any atom is 0.280 e. The van der Waals surface area contributed by atoms with Gasteiger partial charge in [-0.05, 0) is 20.4 Å². The number of H-pyrrole nitrogens is 1. The number of fused-ring (bicyclic) bond motifs is 1. The molecule has 166 valence electrons. The summed E-state index contributed by atoms with van der Waals surface area (Å²) in [4.78, 5) is 47.0. The molecule has 5 N–H and O–H groups in total. The number of nitrogens with zero attached hydrogens (tertiary/aromatic N) is 3. The molecule has 0 radical (unpaired) electrons. The molecule has 30 heavy (non-hydrogen) atoms. The van der Waals surface area contributed by atoms with Gasteiger partial charge in [0.1, 0.15) is 18.3 Å². The number of nitrogens with one attached hydrogen (secondary N) is 2. The third-order valence-electron chi connectivity index (χ3n) is 5.78. The largest absolute Gasteiger partial charge is 0.809 e. The number of aromatic nitrogens is 4. The van der Waals surface area contributed by atoms with Crippen LogP contribution in [0.5, 0.6) is 0 Å². The zero-order valence-electron chi connectivity index (χ0n) is 15.8. The number of aliphatic hydroxyl groups is 3. The zero-order valence-corrected chi connectivity index (χ0v) is 16.7. The predicted molar refractivity (Wildman–Crippen MR) is 98.2 cm³/mol. The van der Waals surface area contributed by atoms with E-state index in [4.69, 9.17) is 4.74 Å². The minimum atomic E-state index is -5.08. The van der Waals surface area contributed by atoms with E-state index in [-0.39, 0.29) is 30.0 Å². The molecule has 0 unspecified atom stereocenters. The molecule has 1 saturated carbocycles. The van der Waals surface area contributed by atoms with E-state index in [1.165, 1.54) is 10.9 Å². The van der Waals surface area contributed by atoms with Gasteiger partial charge in [0.25, 0.3) is 5.56 Å². The molecule has 0 bridgehead atoms. The lowest BCUT2D eigenvalue weighted by Crippen LogP contribution is -2.47. The van der Waals surface area contributed by atoms with E-state index in [2.05, 4.69) is 20.3 Å². The van der Waals surface area contributed by atoms with Crippen LogP contribution in [0.1, 0.15) is 38.3 Å². The average molecular weight is 443 g/mol. The van der Waals surface area contributed by atoms with Crippen LogP contribution in [-0.2, 0) is 9.30 Å². The topological polar surface area (TPSA) is 209 Å². The lowest BCUT2D eigenvalue weighted by atomic mass is 9.95. The van der Waals surface area contributed by atoms with E-state index in [0.717, 1.165) is 6.42 Å². The Labute approximate surface area is 169 Å². The van der Waals surface area contributed by atoms with Gasteiger partial charge in [0.2, 0.25) is 5.95 Å². The first-order chi connectivity index (χ1) is 14.2. The third kappa shape index (κ3) is 3.46. The molecule has 1 aliphatic heterocycles. The van der Waals surface area contributed by atoms with Gasteiger partial charge in [-0.3, -0.25) is 14.3 Å². The van der Waals surface area contributed by atoms with Crippen molar-refractivity contribution < 1.29 is 34.4 Å². The Balaban J connectivity index is 1.74. The Kier molecular flexibility index (Phi) is 5.47. The van der Waals surface area contributed by atoms with Crippen molar-refractivity contribution in [3.63, 3.8) is 0 Å². The van der Waals surface area contributed by atoms with Crippen molar-refractivity contribution in [3.8, 4) is 0 Å². The van der Waals surface area contributed by atoms with E-state index < -0.39 is 49.6 Å². The second kappa shape index (κ2) is 7.68. The molecule has 2 aromatic heterocycles. The second-order valence-electron chi connectivity index (χ2n) is 7.68. The minimum Gasteiger partial charge on any atom is -0.809 e. The number of aromatic amines is 1. The van der Waals surface area contributed by atoms with Gasteiger partial charge in [-0.15, -0.1) is 0 Å². The number of imidazole rings is 1. The summed E-state index contributed by atoms with van der Waals surface area (Å²) in [5, 5.41) is 30.4. The van der Waals surface area contributed by atoms with Gasteiger partial charge in [0, 0.05) is 0 Å². The fraction of sp³-hybridized carbons (Fsp3) is 0.688. The van der Waals surface area contributed by atoms with Crippen LogP contribution in [0.4, 0.5) is 5.95 Å². The van der Waals surface area contributed by atoms with Gasteiger partial charge in [-0.1, -0.05) is 19.3 Å². The van der Waals surface area contributed by atoms with Crippen molar-refractivity contribution in [3.05, 3.63) is 16.7 Å². The summed E-state index contributed by atoms with van der Waals surface area (Å²) in [6.07, 6.45) is -1.79. The lowest BCUT2D eigenvalue weighted by molar-refractivity contribution is -0.320. The molecule has 0 spiro atoms. The standard InChI is InChI=1S/C16H24N5O8P/c22-6-8-10(23)11(24)14(29-8)21-7-17-9-12(21)18-15(19-13(9)25)20-16(30(26,27)28)4-2-1-3-5-16/h7-8,10-11,14,22-24H,1-6H2,(H2,26,27,28)(H2,18,19,20,25)/p-2/t8-,10-,11-,14-/m1/s1. The van der Waals surface area contributed by atoms with E-state index in [1.54, 1.807) is 0 Å². The Bertz CT molecular complexity index is 1030. The van der Waals surface area contributed by atoms with E-state index in [1.807, 2.05) is 0 Å². The highest BCUT2D eigenvalue weighted by Gasteiger charge is 2.44. The first-order valence-electron chi connectivity index (χ1n) is 9.56. The molecule has 14 heteroatoms. The number of anilines is 1. The van der Waals surface area contributed by atoms with Crippen LogP contribution in [0.25, 0.3) is 11.2 Å². The number of rotatable bonds is 5. The Morgan fingerprint density at radius 2 is 2.00 bits per heavy atom. The molecule has 0 amide bonds. The Morgan fingerprint density at radius 3 is 2.60 bits per heavy atom. The summed E-state index contributed by atoms with van der Waals surface area (Å²) in [5.74, 6) is -0.227. The molecule has 3 heterocycles. The molecule has 2 fully saturated rings. The summed E-state index contributed by atoms with van der Waals surface area (Å²) in [6.45, 7) is -0.535. The van der Waals surface area contributed by atoms with Crippen LogP contribution in [0.3, 0.4) is 0 Å². The predicted octanol–water partition coefficient (Wildman–Crippen LogP) is -2.28. The summed E-state index contributed by atoms with van der Waals surface area (Å²) in [5.41, 5.74) is -0.845. The van der Waals surface area contributed by atoms with Crippen molar-refractivity contribution >= 4 is 24.7 Å². The van der Waals surface area contributed by atoms with Gasteiger partial charge in [0.05, 0.1) is 18.2 Å². The number of hydrogen-bond acceptors (Lipinski definition) is 11. The van der Waals surface area contributed by atoms with E-state index >= 15 is 0 Å². The molecule has 2 aliphatic rings. The van der Waals surface area contributed by atoms with Crippen molar-refractivity contribution in [1.82, 2.24) is 19.5 Å². The normalized spacial score (nSPS) is 29.4. The molecule has 13 nitrogen and oxygen atoms in total. The van der Waals surface area contributed by atoms with Crippen LogP contribution in [0.2, 0.25) is 0 Å². The highest BCUT2D eigenvalue weighted by atomic mass is 31.2. The fourth-order valence-corrected chi connectivity index (χ4v) is 5.21. The lowest BCUT2D eigenvalue weighted by Gasteiger charge is -2.52. The van der Waals surface area contributed by atoms with Crippen molar-refractivity contribution in [2.75, 3.05) is 11.9 Å². The average Bonchev–Trinajstić information content (AvgIpc) is 3.23. The summed E-state index contributed by atoms with van der Waals surface area (Å²) < 4.78 is 18.7. The molecular weight excluding hydrogens is 421 g/mol. The smallest absolute Gasteiger partial charge is 0.280 e. The Hall–Kier alpha value is -1.86. The number of hydrogen-bond donors (Lipinski definition) is 5. The summed E-state index contributed by atoms with van der Waals surface area (Å²) >= 11 is 0. The molecule has 1 saturated heterocycles. The Morgan fingerprint density at radius 1 is 1.30 bits per heavy atom. The zero-order chi connectivity index (χ0) is 21.7. The highest BCUT2D eigenvalue weighted by molar-refractivity contribution is 7.50. The van der Waals surface area contributed by atoms with Crippen molar-refractivity contribution in [2.45, 2.75) is 61.9 Å². The van der Waals surface area contributed by atoms with Gasteiger partial charge >= 0.3 is 0 Å². The van der Waals surface area contributed by atoms with Crippen LogP contribution in [0.15, 0.2) is 11.1 Å². The first kappa shape index (κ1) is 21.4. The molecule has 2 aromatic rings. The maximum absolute atomic E-state index is 12.5. The molecule has 1 aliphatic carbocycles. The fourth-order valence-electron chi connectivity index (χ4n) is 4.11. The maximum atomic E-state index is 12.5. The van der Waals surface area contributed by atoms with Crippen molar-refractivity contribution in [2.24, 2.45) is 0 Å².